The first-order chi connectivity index (χ1) is 14.1. The summed E-state index contributed by atoms with van der Waals surface area (Å²) in [5.74, 6) is 0.0207. The van der Waals surface area contributed by atoms with Gasteiger partial charge in [-0.05, 0) is 36.6 Å². The van der Waals surface area contributed by atoms with Crippen molar-refractivity contribution >= 4 is 11.8 Å². The number of nitrogens with two attached hydrogens (primary N) is 1. The zero-order valence-corrected chi connectivity index (χ0v) is 16.5. The summed E-state index contributed by atoms with van der Waals surface area (Å²) in [6.07, 6.45) is 2.00. The molecule has 1 heterocycles. The van der Waals surface area contributed by atoms with E-state index < -0.39 is 5.91 Å². The first-order valence-electron chi connectivity index (χ1n) is 9.60. The summed E-state index contributed by atoms with van der Waals surface area (Å²) >= 11 is 0. The van der Waals surface area contributed by atoms with E-state index in [4.69, 9.17) is 19.9 Å². The molecule has 7 heteroatoms. The van der Waals surface area contributed by atoms with Crippen LogP contribution in [-0.4, -0.2) is 49.7 Å². The van der Waals surface area contributed by atoms with Gasteiger partial charge in [-0.1, -0.05) is 30.3 Å². The van der Waals surface area contributed by atoms with E-state index >= 15 is 0 Å². The molecule has 0 aliphatic carbocycles. The lowest BCUT2D eigenvalue weighted by molar-refractivity contribution is -0.119. The molecule has 1 atom stereocenters. The van der Waals surface area contributed by atoms with Gasteiger partial charge in [-0.3, -0.25) is 9.59 Å². The first kappa shape index (κ1) is 20.7. The summed E-state index contributed by atoms with van der Waals surface area (Å²) < 4.78 is 16.4. The Morgan fingerprint density at radius 1 is 1.17 bits per heavy atom. The van der Waals surface area contributed by atoms with E-state index in [0.29, 0.717) is 30.2 Å². The number of hydrogen-bond acceptors (Lipinski definition) is 5. The van der Waals surface area contributed by atoms with Gasteiger partial charge in [-0.15, -0.1) is 0 Å². The number of benzene rings is 2. The van der Waals surface area contributed by atoms with Crippen molar-refractivity contribution in [1.82, 2.24) is 4.90 Å². The van der Waals surface area contributed by atoms with Gasteiger partial charge in [0.15, 0.2) is 18.1 Å². The quantitative estimate of drug-likeness (QED) is 0.700. The topological polar surface area (TPSA) is 91.1 Å². The molecule has 2 amide bonds. The Labute approximate surface area is 170 Å². The highest BCUT2D eigenvalue weighted by Gasteiger charge is 2.24. The molecule has 0 saturated carbocycles. The molecule has 0 bridgehead atoms. The van der Waals surface area contributed by atoms with Crippen LogP contribution in [0.25, 0.3) is 0 Å². The number of hydrogen-bond donors (Lipinski definition) is 1. The van der Waals surface area contributed by atoms with Crippen LogP contribution in [0.15, 0.2) is 48.5 Å². The van der Waals surface area contributed by atoms with Gasteiger partial charge in [0.1, 0.15) is 0 Å². The molecule has 0 aromatic heterocycles. The van der Waals surface area contributed by atoms with E-state index in [-0.39, 0.29) is 18.6 Å². The third-order valence-corrected chi connectivity index (χ3v) is 4.73. The lowest BCUT2D eigenvalue weighted by Crippen LogP contribution is -2.37. The standard InChI is InChI=1S/C22H26N2O5/c1-27-20-12-17(9-10-19(20)29-15-21(23)25)22(26)24(14-18-8-5-11-28-18)13-16-6-3-2-4-7-16/h2-4,6-7,9-10,12,18H,5,8,11,13-15H2,1H3,(H2,23,25). The Kier molecular flexibility index (Phi) is 7.08. The number of carbonyl (C=O) groups is 2. The maximum absolute atomic E-state index is 13.3. The minimum Gasteiger partial charge on any atom is -0.493 e. The van der Waals surface area contributed by atoms with Gasteiger partial charge in [0.25, 0.3) is 11.8 Å². The van der Waals surface area contributed by atoms with Gasteiger partial charge in [0, 0.05) is 25.3 Å². The lowest BCUT2D eigenvalue weighted by atomic mass is 10.1. The van der Waals surface area contributed by atoms with Crippen LogP contribution >= 0.6 is 0 Å². The third-order valence-electron chi connectivity index (χ3n) is 4.73. The number of methoxy groups -OCH3 is 1. The van der Waals surface area contributed by atoms with Crippen molar-refractivity contribution in [3.05, 3.63) is 59.7 Å². The number of primary amides is 1. The van der Waals surface area contributed by atoms with Crippen molar-refractivity contribution in [3.8, 4) is 11.5 Å². The summed E-state index contributed by atoms with van der Waals surface area (Å²) in [6, 6.07) is 14.7. The molecular weight excluding hydrogens is 372 g/mol. The van der Waals surface area contributed by atoms with Crippen LogP contribution in [-0.2, 0) is 16.1 Å². The minimum atomic E-state index is -0.585. The van der Waals surface area contributed by atoms with Crippen LogP contribution in [0.4, 0.5) is 0 Å². The second-order valence-electron chi connectivity index (χ2n) is 6.93. The molecule has 1 saturated heterocycles. The van der Waals surface area contributed by atoms with E-state index in [1.807, 2.05) is 30.3 Å². The highest BCUT2D eigenvalue weighted by Crippen LogP contribution is 2.29. The highest BCUT2D eigenvalue weighted by atomic mass is 16.5. The van der Waals surface area contributed by atoms with E-state index in [1.54, 1.807) is 23.1 Å². The molecule has 7 nitrogen and oxygen atoms in total. The van der Waals surface area contributed by atoms with Crippen molar-refractivity contribution in [3.63, 3.8) is 0 Å². The molecule has 0 radical (unpaired) electrons. The number of ether oxygens (including phenoxy) is 3. The maximum atomic E-state index is 13.3. The minimum absolute atomic E-state index is 0.0442. The molecule has 1 aliphatic heterocycles. The molecule has 154 valence electrons. The smallest absolute Gasteiger partial charge is 0.255 e. The summed E-state index contributed by atoms with van der Waals surface area (Å²) in [4.78, 5) is 26.0. The summed E-state index contributed by atoms with van der Waals surface area (Å²) in [5, 5.41) is 0. The Bertz CT molecular complexity index is 834. The van der Waals surface area contributed by atoms with Crippen LogP contribution in [0, 0.1) is 0 Å². The Morgan fingerprint density at radius 2 is 1.97 bits per heavy atom. The number of nitrogens with zero attached hydrogens (tertiary/aromatic N) is 1. The van der Waals surface area contributed by atoms with Crippen LogP contribution in [0.3, 0.4) is 0 Å². The van der Waals surface area contributed by atoms with Gasteiger partial charge in [-0.25, -0.2) is 0 Å². The Balaban J connectivity index is 1.80. The second-order valence-corrected chi connectivity index (χ2v) is 6.93. The fourth-order valence-corrected chi connectivity index (χ4v) is 3.31. The average Bonchev–Trinajstić information content (AvgIpc) is 3.25. The van der Waals surface area contributed by atoms with Crippen molar-refractivity contribution in [2.24, 2.45) is 5.73 Å². The molecule has 1 aliphatic rings. The highest BCUT2D eigenvalue weighted by molar-refractivity contribution is 5.95. The van der Waals surface area contributed by atoms with Crippen molar-refractivity contribution in [1.29, 1.82) is 0 Å². The molecule has 2 aromatic rings. The van der Waals surface area contributed by atoms with Crippen molar-refractivity contribution in [2.45, 2.75) is 25.5 Å². The number of rotatable bonds is 9. The number of amides is 2. The average molecular weight is 398 g/mol. The fraction of sp³-hybridized carbons (Fsp3) is 0.364. The first-order valence-corrected chi connectivity index (χ1v) is 9.60. The van der Waals surface area contributed by atoms with Gasteiger partial charge >= 0.3 is 0 Å². The van der Waals surface area contributed by atoms with E-state index in [1.165, 1.54) is 7.11 Å². The maximum Gasteiger partial charge on any atom is 0.255 e. The van der Waals surface area contributed by atoms with E-state index in [2.05, 4.69) is 0 Å². The predicted molar refractivity (Wildman–Crippen MR) is 108 cm³/mol. The summed E-state index contributed by atoms with van der Waals surface area (Å²) in [7, 11) is 1.48. The second kappa shape index (κ2) is 9.93. The van der Waals surface area contributed by atoms with Crippen LogP contribution in [0.1, 0.15) is 28.8 Å². The lowest BCUT2D eigenvalue weighted by Gasteiger charge is -2.26. The molecule has 1 fully saturated rings. The Hall–Kier alpha value is -3.06. The van der Waals surface area contributed by atoms with Crippen molar-refractivity contribution in [2.75, 3.05) is 26.9 Å². The molecule has 0 spiro atoms. The van der Waals surface area contributed by atoms with E-state index in [9.17, 15) is 9.59 Å². The monoisotopic (exact) mass is 398 g/mol. The van der Waals surface area contributed by atoms with Gasteiger partial charge in [0.2, 0.25) is 0 Å². The van der Waals surface area contributed by atoms with Crippen molar-refractivity contribution < 1.29 is 23.8 Å². The SMILES string of the molecule is COc1cc(C(=O)N(Cc2ccccc2)CC2CCCO2)ccc1OCC(N)=O. The number of carbonyl (C=O) groups excluding carboxylic acids is 2. The molecular formula is C22H26N2O5. The summed E-state index contributed by atoms with van der Waals surface area (Å²) in [5.41, 5.74) is 6.65. The Morgan fingerprint density at radius 3 is 2.62 bits per heavy atom. The van der Waals surface area contributed by atoms with Gasteiger partial charge < -0.3 is 24.8 Å². The molecule has 2 aromatic carbocycles. The fourth-order valence-electron chi connectivity index (χ4n) is 3.31. The zero-order chi connectivity index (χ0) is 20.6. The molecule has 3 rings (SSSR count). The molecule has 29 heavy (non-hydrogen) atoms. The largest absolute Gasteiger partial charge is 0.493 e. The van der Waals surface area contributed by atoms with Crippen LogP contribution in [0.2, 0.25) is 0 Å². The van der Waals surface area contributed by atoms with Gasteiger partial charge in [-0.2, -0.15) is 0 Å². The van der Waals surface area contributed by atoms with Gasteiger partial charge in [0.05, 0.1) is 13.2 Å². The third kappa shape index (κ3) is 5.71. The molecule has 1 unspecified atom stereocenters. The molecule has 2 N–H and O–H groups in total. The summed E-state index contributed by atoms with van der Waals surface area (Å²) in [6.45, 7) is 1.48. The normalized spacial score (nSPS) is 15.7. The van der Waals surface area contributed by atoms with Crippen LogP contribution in [0.5, 0.6) is 11.5 Å². The van der Waals surface area contributed by atoms with Crippen LogP contribution < -0.4 is 15.2 Å². The zero-order valence-electron chi connectivity index (χ0n) is 16.5. The predicted octanol–water partition coefficient (Wildman–Crippen LogP) is 2.38. The van der Waals surface area contributed by atoms with E-state index in [0.717, 1.165) is 25.0 Å².